The number of hydrogen-bond donors (Lipinski definition) is 0. The van der Waals surface area contributed by atoms with E-state index in [1.54, 1.807) is 29.9 Å². The third-order valence-corrected chi connectivity index (χ3v) is 5.11. The lowest BCUT2D eigenvalue weighted by Crippen LogP contribution is -2.31. The molecule has 0 saturated carbocycles. The van der Waals surface area contributed by atoms with Gasteiger partial charge in [-0.15, -0.1) is 0 Å². The fourth-order valence-corrected chi connectivity index (χ4v) is 3.33. The Morgan fingerprint density at radius 1 is 0.906 bits per heavy atom. The third-order valence-electron chi connectivity index (χ3n) is 5.11. The third kappa shape index (κ3) is 4.81. The van der Waals surface area contributed by atoms with E-state index in [-0.39, 0.29) is 5.91 Å². The molecule has 1 amide bonds. The van der Waals surface area contributed by atoms with E-state index in [1.165, 1.54) is 0 Å². The van der Waals surface area contributed by atoms with Crippen molar-refractivity contribution in [1.82, 2.24) is 14.7 Å². The van der Waals surface area contributed by atoms with Gasteiger partial charge in [-0.1, -0.05) is 36.4 Å². The Bertz CT molecular complexity index is 1160. The van der Waals surface area contributed by atoms with Crippen molar-refractivity contribution >= 4 is 5.91 Å². The van der Waals surface area contributed by atoms with Crippen LogP contribution in [0.3, 0.4) is 0 Å². The normalized spacial score (nSPS) is 10.6. The van der Waals surface area contributed by atoms with Crippen LogP contribution in [0.15, 0.2) is 91.1 Å². The number of likely N-dealkylation sites (N-methyl/N-ethyl adjacent to an activating group) is 1. The van der Waals surface area contributed by atoms with Gasteiger partial charge in [-0.25, -0.2) is 4.68 Å². The molecule has 0 bridgehead atoms. The van der Waals surface area contributed by atoms with Crippen LogP contribution in [0.25, 0.3) is 16.9 Å². The topological polar surface area (TPSA) is 56.6 Å². The summed E-state index contributed by atoms with van der Waals surface area (Å²) in [4.78, 5) is 15.0. The summed E-state index contributed by atoms with van der Waals surface area (Å²) in [5, 5.41) is 4.73. The summed E-state index contributed by atoms with van der Waals surface area (Å²) >= 11 is 0. The first-order chi connectivity index (χ1) is 15.7. The number of carbonyl (C=O) groups excluding carboxylic acids is 1. The molecule has 3 aromatic carbocycles. The number of rotatable bonds is 8. The van der Waals surface area contributed by atoms with Crippen molar-refractivity contribution in [2.75, 3.05) is 27.3 Å². The second kappa shape index (κ2) is 9.83. The first-order valence-electron chi connectivity index (χ1n) is 10.4. The molecule has 0 aliphatic rings. The van der Waals surface area contributed by atoms with Crippen LogP contribution >= 0.6 is 0 Å². The molecule has 4 aromatic rings. The monoisotopic (exact) mass is 427 g/mol. The summed E-state index contributed by atoms with van der Waals surface area (Å²) in [5.41, 5.74) is 2.88. The van der Waals surface area contributed by atoms with Crippen LogP contribution in [0.4, 0.5) is 0 Å². The van der Waals surface area contributed by atoms with Crippen molar-refractivity contribution in [2.24, 2.45) is 0 Å². The van der Waals surface area contributed by atoms with Gasteiger partial charge >= 0.3 is 0 Å². The number of carbonyl (C=O) groups is 1. The quantitative estimate of drug-likeness (QED) is 0.409. The van der Waals surface area contributed by atoms with E-state index in [0.717, 1.165) is 22.7 Å². The molecule has 1 heterocycles. The van der Waals surface area contributed by atoms with Gasteiger partial charge in [-0.2, -0.15) is 5.10 Å². The van der Waals surface area contributed by atoms with Gasteiger partial charge in [0.25, 0.3) is 5.91 Å². The van der Waals surface area contributed by atoms with Gasteiger partial charge in [0.15, 0.2) is 0 Å². The van der Waals surface area contributed by atoms with Crippen LogP contribution in [0.1, 0.15) is 10.4 Å². The number of nitrogens with zero attached hydrogens (tertiary/aromatic N) is 3. The second-order valence-corrected chi connectivity index (χ2v) is 7.29. The van der Waals surface area contributed by atoms with E-state index in [1.807, 2.05) is 84.9 Å². The fourth-order valence-electron chi connectivity index (χ4n) is 3.33. The van der Waals surface area contributed by atoms with Crippen molar-refractivity contribution in [1.29, 1.82) is 0 Å². The Kier molecular flexibility index (Phi) is 6.51. The van der Waals surface area contributed by atoms with Gasteiger partial charge in [-0.3, -0.25) is 4.79 Å². The van der Waals surface area contributed by atoms with Crippen molar-refractivity contribution in [2.45, 2.75) is 0 Å². The second-order valence-electron chi connectivity index (χ2n) is 7.29. The van der Waals surface area contributed by atoms with Crippen LogP contribution < -0.4 is 9.47 Å². The van der Waals surface area contributed by atoms with E-state index in [9.17, 15) is 4.79 Å². The average molecular weight is 428 g/mol. The van der Waals surface area contributed by atoms with Crippen LogP contribution in [-0.2, 0) is 0 Å². The summed E-state index contributed by atoms with van der Waals surface area (Å²) in [6, 6.07) is 26.9. The smallest absolute Gasteiger partial charge is 0.257 e. The molecule has 0 unspecified atom stereocenters. The molecule has 0 fully saturated rings. The molecule has 0 N–H and O–H groups in total. The number of benzene rings is 3. The average Bonchev–Trinajstić information content (AvgIpc) is 3.30. The number of hydrogen-bond acceptors (Lipinski definition) is 4. The van der Waals surface area contributed by atoms with E-state index in [0.29, 0.717) is 24.4 Å². The summed E-state index contributed by atoms with van der Waals surface area (Å²) in [6.07, 6.45) is 1.78. The molecule has 32 heavy (non-hydrogen) atoms. The first-order valence-corrected chi connectivity index (χ1v) is 10.4. The molecule has 6 heteroatoms. The van der Waals surface area contributed by atoms with Crippen LogP contribution in [-0.4, -0.2) is 47.9 Å². The Hall–Kier alpha value is -4.06. The number of amides is 1. The molecule has 0 saturated heterocycles. The maximum atomic E-state index is 13.3. The molecule has 1 aromatic heterocycles. The summed E-state index contributed by atoms with van der Waals surface area (Å²) < 4.78 is 12.7. The van der Waals surface area contributed by atoms with E-state index in [4.69, 9.17) is 14.6 Å². The molecule has 162 valence electrons. The minimum Gasteiger partial charge on any atom is -0.497 e. The summed E-state index contributed by atoms with van der Waals surface area (Å²) in [5.74, 6) is 1.41. The van der Waals surface area contributed by atoms with Crippen molar-refractivity contribution in [3.05, 3.63) is 96.7 Å². The first kappa shape index (κ1) is 21.2. The van der Waals surface area contributed by atoms with Gasteiger partial charge in [0.2, 0.25) is 0 Å². The van der Waals surface area contributed by atoms with Gasteiger partial charge in [-0.05, 0) is 48.5 Å². The summed E-state index contributed by atoms with van der Waals surface area (Å²) in [6.45, 7) is 0.850. The largest absolute Gasteiger partial charge is 0.497 e. The number of aromatic nitrogens is 2. The maximum absolute atomic E-state index is 13.3. The highest BCUT2D eigenvalue weighted by molar-refractivity contribution is 5.99. The molecule has 0 radical (unpaired) electrons. The Labute approximate surface area is 187 Å². The van der Waals surface area contributed by atoms with Gasteiger partial charge < -0.3 is 14.4 Å². The highest BCUT2D eigenvalue weighted by Crippen LogP contribution is 2.26. The fraction of sp³-hybridized carbons (Fsp3) is 0.154. The molecule has 4 rings (SSSR count). The van der Waals surface area contributed by atoms with Crippen LogP contribution in [0, 0.1) is 0 Å². The Balaban J connectivity index is 1.58. The maximum Gasteiger partial charge on any atom is 0.257 e. The predicted octanol–water partition coefficient (Wildman–Crippen LogP) is 4.70. The van der Waals surface area contributed by atoms with Crippen molar-refractivity contribution in [3.63, 3.8) is 0 Å². The zero-order chi connectivity index (χ0) is 22.3. The molecular formula is C26H25N3O3. The highest BCUT2D eigenvalue weighted by Gasteiger charge is 2.21. The number of ether oxygens (including phenoxy) is 2. The Morgan fingerprint density at radius 3 is 2.22 bits per heavy atom. The van der Waals surface area contributed by atoms with Gasteiger partial charge in [0.1, 0.15) is 23.8 Å². The Morgan fingerprint density at radius 2 is 1.56 bits per heavy atom. The van der Waals surface area contributed by atoms with E-state index < -0.39 is 0 Å². The van der Waals surface area contributed by atoms with E-state index >= 15 is 0 Å². The molecular weight excluding hydrogens is 402 g/mol. The van der Waals surface area contributed by atoms with Crippen molar-refractivity contribution in [3.8, 4) is 28.4 Å². The van der Waals surface area contributed by atoms with Crippen LogP contribution in [0.5, 0.6) is 11.5 Å². The molecule has 6 nitrogen and oxygen atoms in total. The standard InChI is InChI=1S/C26H25N3O3/c1-28(17-18-32-23-11-7-4-8-12-23)26(30)24-19-29(21-9-5-3-6-10-21)27-25(24)20-13-15-22(31-2)16-14-20/h3-16,19H,17-18H2,1-2H3. The lowest BCUT2D eigenvalue weighted by atomic mass is 10.1. The SMILES string of the molecule is COc1ccc(-c2nn(-c3ccccc3)cc2C(=O)N(C)CCOc2ccccc2)cc1. The number of para-hydroxylation sites is 2. The number of methoxy groups -OCH3 is 1. The van der Waals surface area contributed by atoms with Gasteiger partial charge in [0.05, 0.1) is 24.9 Å². The minimum absolute atomic E-state index is 0.116. The van der Waals surface area contributed by atoms with Crippen LogP contribution in [0.2, 0.25) is 0 Å². The lowest BCUT2D eigenvalue weighted by Gasteiger charge is -2.17. The summed E-state index contributed by atoms with van der Waals surface area (Å²) in [7, 11) is 3.40. The molecule has 0 spiro atoms. The zero-order valence-electron chi connectivity index (χ0n) is 18.1. The molecule has 0 aliphatic carbocycles. The van der Waals surface area contributed by atoms with Crippen molar-refractivity contribution < 1.29 is 14.3 Å². The molecule has 0 aliphatic heterocycles. The predicted molar refractivity (Wildman–Crippen MR) is 124 cm³/mol. The minimum atomic E-state index is -0.116. The highest BCUT2D eigenvalue weighted by atomic mass is 16.5. The van der Waals surface area contributed by atoms with E-state index in [2.05, 4.69) is 0 Å². The van der Waals surface area contributed by atoms with Gasteiger partial charge in [0, 0.05) is 18.8 Å². The molecule has 0 atom stereocenters. The zero-order valence-corrected chi connectivity index (χ0v) is 18.1. The lowest BCUT2D eigenvalue weighted by molar-refractivity contribution is 0.0774.